The summed E-state index contributed by atoms with van der Waals surface area (Å²) in [5, 5.41) is 15.4. The summed E-state index contributed by atoms with van der Waals surface area (Å²) in [5.74, 6) is 2.64. The number of anilines is 6. The number of H-pyrrole nitrogens is 1. The number of hydrogen-bond acceptors (Lipinski definition) is 13. The molecule has 238 valence electrons. The molecule has 0 atom stereocenters. The third kappa shape index (κ3) is 7.40. The Morgan fingerprint density at radius 1 is 0.638 bits per heavy atom. The van der Waals surface area contributed by atoms with Crippen molar-refractivity contribution in [2.45, 2.75) is 0 Å². The Labute approximate surface area is 270 Å². The van der Waals surface area contributed by atoms with Crippen molar-refractivity contribution in [3.05, 3.63) is 96.1 Å². The van der Waals surface area contributed by atoms with Gasteiger partial charge in [0.25, 0.3) is 5.56 Å². The molecule has 0 spiro atoms. The predicted molar refractivity (Wildman–Crippen MR) is 185 cm³/mol. The van der Waals surface area contributed by atoms with Gasteiger partial charge in [-0.25, -0.2) is 24.9 Å². The standard InChI is InChI=1S/C17H18N6O.C16H17N7/c24-17-14-11-21-15(9-12(14)1-3-20-17)22-16-10-13(2-4-19-16)23-7-5-18-6-8-23;1-2-12-11-20-16(22-15(12)19-4-1)21-14-10-13(3-5-18-14)23-8-6-17-7-9-23/h1-4,9-11,18H,5-8H2,(H,20,24)(H,19,21,22);1-5,10-11,17H,6-9H2,(H,18,19,20,21,22). The Morgan fingerprint density at radius 2 is 1.30 bits per heavy atom. The van der Waals surface area contributed by atoms with Crippen molar-refractivity contribution < 1.29 is 0 Å². The highest BCUT2D eigenvalue weighted by molar-refractivity contribution is 5.83. The van der Waals surface area contributed by atoms with Crippen LogP contribution in [0.4, 0.5) is 34.8 Å². The number of nitrogens with zero attached hydrogens (tertiary/aromatic N) is 8. The van der Waals surface area contributed by atoms with Gasteiger partial charge in [-0.15, -0.1) is 0 Å². The molecule has 47 heavy (non-hydrogen) atoms. The van der Waals surface area contributed by atoms with Gasteiger partial charge >= 0.3 is 0 Å². The Bertz CT molecular complexity index is 2020. The second-order valence-corrected chi connectivity index (χ2v) is 11.1. The summed E-state index contributed by atoms with van der Waals surface area (Å²) < 4.78 is 0. The van der Waals surface area contributed by atoms with Gasteiger partial charge in [0.05, 0.1) is 5.39 Å². The van der Waals surface area contributed by atoms with Gasteiger partial charge in [0.2, 0.25) is 5.95 Å². The number of nitrogens with one attached hydrogen (secondary N) is 5. The highest BCUT2D eigenvalue weighted by Crippen LogP contribution is 2.22. The van der Waals surface area contributed by atoms with Crippen LogP contribution in [0.2, 0.25) is 0 Å². The molecule has 2 saturated heterocycles. The Balaban J connectivity index is 0.000000150. The van der Waals surface area contributed by atoms with E-state index in [1.54, 1.807) is 37.2 Å². The minimum atomic E-state index is -0.134. The molecule has 6 aromatic heterocycles. The topological polar surface area (TPSA) is 165 Å². The lowest BCUT2D eigenvalue weighted by Crippen LogP contribution is -2.43. The summed E-state index contributed by atoms with van der Waals surface area (Å²) >= 11 is 0. The van der Waals surface area contributed by atoms with E-state index in [0.717, 1.165) is 86.1 Å². The Hall–Kier alpha value is -5.73. The lowest BCUT2D eigenvalue weighted by molar-refractivity contribution is 0.589. The number of aromatic amines is 1. The van der Waals surface area contributed by atoms with Crippen LogP contribution in [-0.2, 0) is 0 Å². The lowest BCUT2D eigenvalue weighted by Gasteiger charge is -2.29. The monoisotopic (exact) mass is 629 g/mol. The third-order valence-corrected chi connectivity index (χ3v) is 7.96. The van der Waals surface area contributed by atoms with Crippen LogP contribution in [0.15, 0.2) is 90.5 Å². The van der Waals surface area contributed by atoms with Gasteiger partial charge < -0.3 is 36.1 Å². The number of aromatic nitrogens is 7. The number of piperazine rings is 2. The molecule has 2 fully saturated rings. The van der Waals surface area contributed by atoms with Crippen LogP contribution in [-0.4, -0.2) is 87.2 Å². The fourth-order valence-electron chi connectivity index (χ4n) is 5.54. The second kappa shape index (κ2) is 14.1. The number of hydrogen-bond donors (Lipinski definition) is 5. The number of pyridine rings is 5. The second-order valence-electron chi connectivity index (χ2n) is 11.1. The van der Waals surface area contributed by atoms with Crippen LogP contribution in [0.5, 0.6) is 0 Å². The molecule has 14 heteroatoms. The maximum absolute atomic E-state index is 11.7. The quantitative estimate of drug-likeness (QED) is 0.183. The normalized spacial score (nSPS) is 14.8. The van der Waals surface area contributed by atoms with Crippen LogP contribution in [0.1, 0.15) is 0 Å². The maximum atomic E-state index is 11.7. The first kappa shape index (κ1) is 30.0. The number of rotatable bonds is 6. The summed E-state index contributed by atoms with van der Waals surface area (Å²) in [6.45, 7) is 7.97. The van der Waals surface area contributed by atoms with Gasteiger partial charge in [0, 0.05) is 118 Å². The van der Waals surface area contributed by atoms with Gasteiger partial charge in [-0.3, -0.25) is 4.79 Å². The van der Waals surface area contributed by atoms with E-state index in [1.165, 1.54) is 0 Å². The fourth-order valence-corrected chi connectivity index (χ4v) is 5.54. The first-order valence-corrected chi connectivity index (χ1v) is 15.6. The van der Waals surface area contributed by atoms with Gasteiger partial charge in [-0.1, -0.05) is 0 Å². The fraction of sp³-hybridized carbons (Fsp3) is 0.242. The zero-order valence-corrected chi connectivity index (χ0v) is 25.7. The summed E-state index contributed by atoms with van der Waals surface area (Å²) in [4.78, 5) is 45.1. The van der Waals surface area contributed by atoms with Crippen LogP contribution in [0.25, 0.3) is 21.8 Å². The molecule has 0 unspecified atom stereocenters. The van der Waals surface area contributed by atoms with Crippen LogP contribution >= 0.6 is 0 Å². The summed E-state index contributed by atoms with van der Waals surface area (Å²) in [6.07, 6.45) is 10.3. The van der Waals surface area contributed by atoms with E-state index in [9.17, 15) is 4.79 Å². The molecular weight excluding hydrogens is 594 g/mol. The first-order valence-electron chi connectivity index (χ1n) is 15.6. The molecule has 8 rings (SSSR count). The van der Waals surface area contributed by atoms with E-state index in [2.05, 4.69) is 66.0 Å². The molecule has 0 aromatic carbocycles. The molecule has 0 bridgehead atoms. The van der Waals surface area contributed by atoms with Crippen molar-refractivity contribution in [1.82, 2.24) is 45.5 Å². The van der Waals surface area contributed by atoms with Crippen molar-refractivity contribution >= 4 is 56.6 Å². The molecule has 2 aliphatic rings. The van der Waals surface area contributed by atoms with E-state index >= 15 is 0 Å². The van der Waals surface area contributed by atoms with Crippen molar-refractivity contribution in [2.75, 3.05) is 72.8 Å². The van der Waals surface area contributed by atoms with Crippen molar-refractivity contribution in [1.29, 1.82) is 0 Å². The van der Waals surface area contributed by atoms with E-state index in [4.69, 9.17) is 0 Å². The highest BCUT2D eigenvalue weighted by atomic mass is 16.1. The zero-order valence-electron chi connectivity index (χ0n) is 25.7. The summed E-state index contributed by atoms with van der Waals surface area (Å²) in [7, 11) is 0. The molecule has 0 radical (unpaired) electrons. The average molecular weight is 630 g/mol. The van der Waals surface area contributed by atoms with Crippen LogP contribution in [0.3, 0.4) is 0 Å². The molecule has 5 N–H and O–H groups in total. The van der Waals surface area contributed by atoms with E-state index in [-0.39, 0.29) is 5.56 Å². The molecular formula is C33H35N13O. The van der Waals surface area contributed by atoms with Crippen molar-refractivity contribution in [2.24, 2.45) is 0 Å². The van der Waals surface area contributed by atoms with Crippen molar-refractivity contribution in [3.8, 4) is 0 Å². The minimum absolute atomic E-state index is 0.134. The molecule has 2 aliphatic heterocycles. The van der Waals surface area contributed by atoms with Gasteiger partial charge in [0.1, 0.15) is 17.5 Å². The van der Waals surface area contributed by atoms with Crippen LogP contribution in [0, 0.1) is 0 Å². The summed E-state index contributed by atoms with van der Waals surface area (Å²) in [6, 6.07) is 15.6. The van der Waals surface area contributed by atoms with Gasteiger partial charge in [-0.2, -0.15) is 4.98 Å². The first-order chi connectivity index (χ1) is 23.2. The third-order valence-electron chi connectivity index (χ3n) is 7.96. The van der Waals surface area contributed by atoms with E-state index in [1.807, 2.05) is 48.5 Å². The summed E-state index contributed by atoms with van der Waals surface area (Å²) in [5.41, 5.74) is 2.84. The van der Waals surface area contributed by atoms with Gasteiger partial charge in [0.15, 0.2) is 5.65 Å². The van der Waals surface area contributed by atoms with Gasteiger partial charge in [-0.05, 0) is 41.8 Å². The van der Waals surface area contributed by atoms with Crippen LogP contribution < -0.4 is 36.6 Å². The Morgan fingerprint density at radius 3 is 2.00 bits per heavy atom. The average Bonchev–Trinajstić information content (AvgIpc) is 3.13. The molecule has 0 amide bonds. The van der Waals surface area contributed by atoms with Crippen molar-refractivity contribution in [3.63, 3.8) is 0 Å². The Kier molecular flexibility index (Phi) is 9.01. The molecule has 14 nitrogen and oxygen atoms in total. The molecule has 8 heterocycles. The van der Waals surface area contributed by atoms with E-state index < -0.39 is 0 Å². The smallest absolute Gasteiger partial charge is 0.257 e. The SMILES string of the molecule is O=c1[nH]ccc2cc(Nc3cc(N4CCNCC4)ccn3)ncc12.c1cnc2nc(Nc3cc(N4CCNCC4)ccn3)ncc2c1. The molecule has 6 aromatic rings. The molecule has 0 saturated carbocycles. The number of fused-ring (bicyclic) bond motifs is 2. The maximum Gasteiger partial charge on any atom is 0.257 e. The highest BCUT2D eigenvalue weighted by Gasteiger charge is 2.13. The zero-order chi connectivity index (χ0) is 31.8. The lowest BCUT2D eigenvalue weighted by atomic mass is 10.2. The minimum Gasteiger partial charge on any atom is -0.369 e. The van der Waals surface area contributed by atoms with E-state index in [0.29, 0.717) is 22.8 Å². The largest absolute Gasteiger partial charge is 0.369 e. The molecule has 0 aliphatic carbocycles. The predicted octanol–water partition coefficient (Wildman–Crippen LogP) is 3.04.